The number of benzene rings is 1. The summed E-state index contributed by atoms with van der Waals surface area (Å²) < 4.78 is 1.01. The number of anilines is 2. The third-order valence-electron chi connectivity index (χ3n) is 3.31. The normalized spacial score (nSPS) is 11.8. The number of rotatable bonds is 5. The van der Waals surface area contributed by atoms with Crippen molar-refractivity contribution in [3.63, 3.8) is 0 Å². The Labute approximate surface area is 138 Å². The number of nitrogens with one attached hydrogen (secondary N) is 2. The maximum absolute atomic E-state index is 12.2. The van der Waals surface area contributed by atoms with E-state index in [-0.39, 0.29) is 11.6 Å². The van der Waals surface area contributed by atoms with Gasteiger partial charge in [-0.1, -0.05) is 22.9 Å². The first kappa shape index (κ1) is 16.4. The lowest BCUT2D eigenvalue weighted by molar-refractivity contribution is 0.102. The van der Waals surface area contributed by atoms with Crippen molar-refractivity contribution in [2.45, 2.75) is 33.2 Å². The van der Waals surface area contributed by atoms with Gasteiger partial charge >= 0.3 is 0 Å². The minimum Gasteiger partial charge on any atom is -0.366 e. The van der Waals surface area contributed by atoms with Crippen molar-refractivity contribution in [3.8, 4) is 0 Å². The minimum atomic E-state index is -0.274. The standard InChI is InChI=1S/C16H19BrN4O/c1-4-11(3)20-15-9-18-14(8-19-15)16(22)21-12-5-6-13(17)10(2)7-12/h5-9,11H,4H2,1-3H3,(H,19,20)(H,21,22). The zero-order valence-electron chi connectivity index (χ0n) is 12.9. The Hall–Kier alpha value is -1.95. The first-order valence-corrected chi connectivity index (χ1v) is 7.95. The van der Waals surface area contributed by atoms with Gasteiger partial charge in [0, 0.05) is 16.2 Å². The molecule has 0 fully saturated rings. The van der Waals surface area contributed by atoms with Gasteiger partial charge in [-0.15, -0.1) is 0 Å². The van der Waals surface area contributed by atoms with E-state index in [1.54, 1.807) is 6.20 Å². The van der Waals surface area contributed by atoms with Crippen molar-refractivity contribution in [1.29, 1.82) is 0 Å². The molecule has 116 valence electrons. The fraction of sp³-hybridized carbons (Fsp3) is 0.312. The Balaban J connectivity index is 2.04. The predicted octanol–water partition coefficient (Wildman–Crippen LogP) is 4.01. The average Bonchev–Trinajstić information content (AvgIpc) is 2.51. The lowest BCUT2D eigenvalue weighted by Gasteiger charge is -2.11. The zero-order chi connectivity index (χ0) is 16.1. The number of nitrogens with zero attached hydrogens (tertiary/aromatic N) is 2. The Bertz CT molecular complexity index is 658. The second-order valence-corrected chi connectivity index (χ2v) is 6.01. The highest BCUT2D eigenvalue weighted by Crippen LogP contribution is 2.20. The molecule has 0 bridgehead atoms. The van der Waals surface area contributed by atoms with Crippen LogP contribution in [-0.4, -0.2) is 21.9 Å². The van der Waals surface area contributed by atoms with Gasteiger partial charge in [-0.2, -0.15) is 0 Å². The van der Waals surface area contributed by atoms with E-state index in [2.05, 4.69) is 50.4 Å². The molecule has 1 amide bonds. The molecule has 0 aliphatic carbocycles. The van der Waals surface area contributed by atoms with E-state index in [1.807, 2.05) is 25.1 Å². The van der Waals surface area contributed by atoms with Crippen molar-refractivity contribution >= 4 is 33.3 Å². The molecule has 0 aliphatic heterocycles. The van der Waals surface area contributed by atoms with Crippen LogP contribution in [0.25, 0.3) is 0 Å². The third kappa shape index (κ3) is 4.27. The zero-order valence-corrected chi connectivity index (χ0v) is 14.4. The lowest BCUT2D eigenvalue weighted by atomic mass is 10.2. The molecule has 1 heterocycles. The highest BCUT2D eigenvalue weighted by atomic mass is 79.9. The van der Waals surface area contributed by atoms with E-state index in [0.717, 1.165) is 22.1 Å². The highest BCUT2D eigenvalue weighted by molar-refractivity contribution is 9.10. The number of amides is 1. The number of hydrogen-bond donors (Lipinski definition) is 2. The van der Waals surface area contributed by atoms with Gasteiger partial charge in [-0.3, -0.25) is 4.79 Å². The van der Waals surface area contributed by atoms with Crippen LogP contribution in [0.5, 0.6) is 0 Å². The van der Waals surface area contributed by atoms with E-state index in [0.29, 0.717) is 11.9 Å². The molecule has 1 aromatic carbocycles. The van der Waals surface area contributed by atoms with Crippen LogP contribution >= 0.6 is 15.9 Å². The van der Waals surface area contributed by atoms with Gasteiger partial charge in [0.2, 0.25) is 0 Å². The summed E-state index contributed by atoms with van der Waals surface area (Å²) >= 11 is 3.43. The molecule has 1 unspecified atom stereocenters. The van der Waals surface area contributed by atoms with Crippen LogP contribution in [0.4, 0.5) is 11.5 Å². The van der Waals surface area contributed by atoms with E-state index >= 15 is 0 Å². The summed E-state index contributed by atoms with van der Waals surface area (Å²) in [4.78, 5) is 20.5. The Morgan fingerprint density at radius 2 is 2.09 bits per heavy atom. The van der Waals surface area contributed by atoms with Crippen LogP contribution in [0.3, 0.4) is 0 Å². The smallest absolute Gasteiger partial charge is 0.275 e. The fourth-order valence-electron chi connectivity index (χ4n) is 1.79. The number of carbonyl (C=O) groups excluding carboxylic acids is 1. The quantitative estimate of drug-likeness (QED) is 0.842. The van der Waals surface area contributed by atoms with Crippen LogP contribution in [0.1, 0.15) is 36.3 Å². The molecule has 6 heteroatoms. The first-order chi connectivity index (χ1) is 10.5. The maximum Gasteiger partial charge on any atom is 0.275 e. The Kier molecular flexibility index (Phi) is 5.49. The number of aromatic nitrogens is 2. The predicted molar refractivity (Wildman–Crippen MR) is 92.2 cm³/mol. The van der Waals surface area contributed by atoms with Gasteiger partial charge in [0.15, 0.2) is 0 Å². The van der Waals surface area contributed by atoms with E-state index in [4.69, 9.17) is 0 Å². The average molecular weight is 363 g/mol. The molecular formula is C16H19BrN4O. The lowest BCUT2D eigenvalue weighted by Crippen LogP contribution is -2.17. The largest absolute Gasteiger partial charge is 0.366 e. The van der Waals surface area contributed by atoms with E-state index in [9.17, 15) is 4.79 Å². The monoisotopic (exact) mass is 362 g/mol. The second kappa shape index (κ2) is 7.35. The summed E-state index contributed by atoms with van der Waals surface area (Å²) in [6.07, 6.45) is 4.05. The Morgan fingerprint density at radius 1 is 1.32 bits per heavy atom. The second-order valence-electron chi connectivity index (χ2n) is 5.16. The number of halogens is 1. The minimum absolute atomic E-state index is 0.274. The SMILES string of the molecule is CCC(C)Nc1cnc(C(=O)Nc2ccc(Br)c(C)c2)cn1. The molecular weight excluding hydrogens is 344 g/mol. The molecule has 2 rings (SSSR count). The summed E-state index contributed by atoms with van der Waals surface area (Å²) in [6.45, 7) is 6.13. The molecule has 5 nitrogen and oxygen atoms in total. The maximum atomic E-state index is 12.2. The number of hydrogen-bond acceptors (Lipinski definition) is 4. The van der Waals surface area contributed by atoms with Crippen molar-refractivity contribution in [3.05, 3.63) is 46.3 Å². The van der Waals surface area contributed by atoms with Gasteiger partial charge in [0.1, 0.15) is 11.5 Å². The summed E-state index contributed by atoms with van der Waals surface area (Å²) in [5, 5.41) is 6.03. The van der Waals surface area contributed by atoms with Gasteiger partial charge in [-0.05, 0) is 44.0 Å². The van der Waals surface area contributed by atoms with Crippen molar-refractivity contribution < 1.29 is 4.79 Å². The highest BCUT2D eigenvalue weighted by Gasteiger charge is 2.09. The van der Waals surface area contributed by atoms with Crippen LogP contribution in [-0.2, 0) is 0 Å². The molecule has 2 N–H and O–H groups in total. The molecule has 0 saturated carbocycles. The summed E-state index contributed by atoms with van der Waals surface area (Å²) in [5.41, 5.74) is 2.07. The van der Waals surface area contributed by atoms with Crippen molar-refractivity contribution in [2.75, 3.05) is 10.6 Å². The molecule has 0 radical (unpaired) electrons. The summed E-state index contributed by atoms with van der Waals surface area (Å²) in [5.74, 6) is 0.398. The third-order valence-corrected chi connectivity index (χ3v) is 4.20. The van der Waals surface area contributed by atoms with Gasteiger partial charge in [0.05, 0.1) is 12.4 Å². The molecule has 1 atom stereocenters. The van der Waals surface area contributed by atoms with Gasteiger partial charge in [0.25, 0.3) is 5.91 Å². The number of aryl methyl sites for hydroxylation is 1. The van der Waals surface area contributed by atoms with Gasteiger partial charge in [-0.25, -0.2) is 9.97 Å². The fourth-order valence-corrected chi connectivity index (χ4v) is 2.04. The van der Waals surface area contributed by atoms with Crippen molar-refractivity contribution in [1.82, 2.24) is 9.97 Å². The molecule has 2 aromatic rings. The molecule has 0 saturated heterocycles. The van der Waals surface area contributed by atoms with Crippen molar-refractivity contribution in [2.24, 2.45) is 0 Å². The first-order valence-electron chi connectivity index (χ1n) is 7.15. The van der Waals surface area contributed by atoms with E-state index in [1.165, 1.54) is 6.20 Å². The van der Waals surface area contributed by atoms with Gasteiger partial charge < -0.3 is 10.6 Å². The van der Waals surface area contributed by atoms with E-state index < -0.39 is 0 Å². The Morgan fingerprint density at radius 3 is 2.68 bits per heavy atom. The van der Waals surface area contributed by atoms with Crippen LogP contribution in [0, 0.1) is 6.92 Å². The topological polar surface area (TPSA) is 66.9 Å². The summed E-state index contributed by atoms with van der Waals surface area (Å²) in [6, 6.07) is 5.95. The molecule has 0 aliphatic rings. The summed E-state index contributed by atoms with van der Waals surface area (Å²) in [7, 11) is 0. The number of carbonyl (C=O) groups is 1. The molecule has 0 spiro atoms. The van der Waals surface area contributed by atoms with Crippen LogP contribution < -0.4 is 10.6 Å². The molecule has 22 heavy (non-hydrogen) atoms. The molecule has 1 aromatic heterocycles. The van der Waals surface area contributed by atoms with Crippen LogP contribution in [0.15, 0.2) is 35.1 Å². The van der Waals surface area contributed by atoms with Crippen LogP contribution in [0.2, 0.25) is 0 Å².